The molecular formula is C15H26O3. The number of rotatable bonds is 12. The van der Waals surface area contributed by atoms with E-state index >= 15 is 0 Å². The lowest BCUT2D eigenvalue weighted by Crippen LogP contribution is -2.23. The molecule has 0 unspecified atom stereocenters. The summed E-state index contributed by atoms with van der Waals surface area (Å²) in [7, 11) is 0. The Labute approximate surface area is 110 Å². The summed E-state index contributed by atoms with van der Waals surface area (Å²) in [5.74, 6) is -1.76. The molecule has 0 spiro atoms. The SMILES string of the molecule is CCCCCCC(=O)C(=O)C(=O)CCCCCC. The molecule has 0 bridgehead atoms. The van der Waals surface area contributed by atoms with Crippen LogP contribution in [0.15, 0.2) is 0 Å². The zero-order chi connectivity index (χ0) is 13.8. The Morgan fingerprint density at radius 2 is 1.00 bits per heavy atom. The third-order valence-corrected chi connectivity index (χ3v) is 3.02. The second-order valence-electron chi connectivity index (χ2n) is 4.80. The van der Waals surface area contributed by atoms with Crippen molar-refractivity contribution in [1.82, 2.24) is 0 Å². The summed E-state index contributed by atoms with van der Waals surface area (Å²) in [5, 5.41) is 0. The lowest BCUT2D eigenvalue weighted by Gasteiger charge is -2.00. The van der Waals surface area contributed by atoms with Gasteiger partial charge in [0.15, 0.2) is 0 Å². The summed E-state index contributed by atoms with van der Waals surface area (Å²) >= 11 is 0. The molecule has 3 nitrogen and oxygen atoms in total. The summed E-state index contributed by atoms with van der Waals surface area (Å²) in [5.41, 5.74) is 0. The quantitative estimate of drug-likeness (QED) is 0.303. The van der Waals surface area contributed by atoms with E-state index in [0.717, 1.165) is 51.4 Å². The first-order valence-electron chi connectivity index (χ1n) is 7.23. The molecule has 104 valence electrons. The maximum atomic E-state index is 11.5. The second-order valence-corrected chi connectivity index (χ2v) is 4.80. The second kappa shape index (κ2) is 11.1. The summed E-state index contributed by atoms with van der Waals surface area (Å²) < 4.78 is 0. The molecule has 0 radical (unpaired) electrons. The molecule has 0 amide bonds. The van der Waals surface area contributed by atoms with Gasteiger partial charge in [0, 0.05) is 12.8 Å². The van der Waals surface area contributed by atoms with Gasteiger partial charge in [0.1, 0.15) is 0 Å². The zero-order valence-electron chi connectivity index (χ0n) is 11.8. The van der Waals surface area contributed by atoms with Crippen LogP contribution in [0.2, 0.25) is 0 Å². The molecule has 0 aliphatic heterocycles. The van der Waals surface area contributed by atoms with E-state index in [1.165, 1.54) is 0 Å². The van der Waals surface area contributed by atoms with E-state index in [4.69, 9.17) is 0 Å². The van der Waals surface area contributed by atoms with Crippen LogP contribution in [0.5, 0.6) is 0 Å². The number of unbranched alkanes of at least 4 members (excludes halogenated alkanes) is 6. The number of Topliss-reactive ketones (excluding diaryl/α,β-unsaturated/α-hetero) is 3. The number of hydrogen-bond donors (Lipinski definition) is 0. The molecule has 0 aromatic heterocycles. The Morgan fingerprint density at radius 3 is 1.33 bits per heavy atom. The molecule has 0 heterocycles. The van der Waals surface area contributed by atoms with Gasteiger partial charge in [-0.2, -0.15) is 0 Å². The summed E-state index contributed by atoms with van der Waals surface area (Å²) in [6.45, 7) is 4.18. The Balaban J connectivity index is 3.76. The zero-order valence-corrected chi connectivity index (χ0v) is 11.8. The molecule has 0 aromatic rings. The number of carbonyl (C=O) groups excluding carboxylic acids is 3. The first-order valence-corrected chi connectivity index (χ1v) is 7.23. The molecule has 0 aromatic carbocycles. The van der Waals surface area contributed by atoms with Crippen molar-refractivity contribution in [3.8, 4) is 0 Å². The minimum absolute atomic E-state index is 0.236. The first kappa shape index (κ1) is 17.0. The van der Waals surface area contributed by atoms with Gasteiger partial charge < -0.3 is 0 Å². The van der Waals surface area contributed by atoms with Gasteiger partial charge in [-0.25, -0.2) is 0 Å². The largest absolute Gasteiger partial charge is 0.290 e. The van der Waals surface area contributed by atoms with Crippen LogP contribution >= 0.6 is 0 Å². The van der Waals surface area contributed by atoms with Gasteiger partial charge in [0.2, 0.25) is 11.6 Å². The molecular weight excluding hydrogens is 228 g/mol. The van der Waals surface area contributed by atoms with Crippen molar-refractivity contribution in [3.63, 3.8) is 0 Å². The minimum atomic E-state index is -0.775. The molecule has 0 atom stereocenters. The van der Waals surface area contributed by atoms with Crippen LogP contribution in [0, 0.1) is 0 Å². The average molecular weight is 254 g/mol. The highest BCUT2D eigenvalue weighted by Gasteiger charge is 2.20. The van der Waals surface area contributed by atoms with Crippen LogP contribution in [0.1, 0.15) is 78.1 Å². The van der Waals surface area contributed by atoms with Gasteiger partial charge in [0.05, 0.1) is 0 Å². The maximum Gasteiger partial charge on any atom is 0.264 e. The number of hydrogen-bond acceptors (Lipinski definition) is 3. The van der Waals surface area contributed by atoms with Crippen LogP contribution in [-0.2, 0) is 14.4 Å². The fourth-order valence-corrected chi connectivity index (χ4v) is 1.81. The first-order chi connectivity index (χ1) is 8.63. The Hall–Kier alpha value is -0.990. The fraction of sp³-hybridized carbons (Fsp3) is 0.800. The highest BCUT2D eigenvalue weighted by Crippen LogP contribution is 2.06. The molecule has 0 saturated carbocycles. The summed E-state index contributed by atoms with van der Waals surface area (Å²) in [4.78, 5) is 34.4. The number of ketones is 3. The standard InChI is InChI=1S/C15H26O3/c1-3-5-7-9-11-13(16)15(18)14(17)12-10-8-6-4-2/h3-12H2,1-2H3. The van der Waals surface area contributed by atoms with Crippen molar-refractivity contribution in [3.05, 3.63) is 0 Å². The van der Waals surface area contributed by atoms with Crippen LogP contribution < -0.4 is 0 Å². The Morgan fingerprint density at radius 1 is 0.611 bits per heavy atom. The smallest absolute Gasteiger partial charge is 0.264 e. The summed E-state index contributed by atoms with van der Waals surface area (Å²) in [6, 6.07) is 0. The van der Waals surface area contributed by atoms with E-state index < -0.39 is 17.3 Å². The van der Waals surface area contributed by atoms with Crippen molar-refractivity contribution in [2.45, 2.75) is 78.1 Å². The van der Waals surface area contributed by atoms with Gasteiger partial charge in [-0.3, -0.25) is 14.4 Å². The van der Waals surface area contributed by atoms with E-state index in [2.05, 4.69) is 13.8 Å². The van der Waals surface area contributed by atoms with E-state index in [1.807, 2.05) is 0 Å². The van der Waals surface area contributed by atoms with Gasteiger partial charge in [-0.05, 0) is 12.8 Å². The van der Waals surface area contributed by atoms with Crippen LogP contribution in [0.3, 0.4) is 0 Å². The lowest BCUT2D eigenvalue weighted by molar-refractivity contribution is -0.144. The molecule has 0 fully saturated rings. The molecule has 0 N–H and O–H groups in total. The normalized spacial score (nSPS) is 10.3. The summed E-state index contributed by atoms with van der Waals surface area (Å²) in [6.07, 6.45) is 8.18. The van der Waals surface area contributed by atoms with Gasteiger partial charge >= 0.3 is 0 Å². The van der Waals surface area contributed by atoms with Crippen molar-refractivity contribution in [1.29, 1.82) is 0 Å². The van der Waals surface area contributed by atoms with Gasteiger partial charge in [0.25, 0.3) is 5.78 Å². The fourth-order valence-electron chi connectivity index (χ4n) is 1.81. The van der Waals surface area contributed by atoms with Gasteiger partial charge in [-0.1, -0.05) is 52.4 Å². The molecule has 0 saturated heterocycles. The molecule has 0 aliphatic carbocycles. The molecule has 0 rings (SSSR count). The molecule has 18 heavy (non-hydrogen) atoms. The average Bonchev–Trinajstić information content (AvgIpc) is 2.38. The van der Waals surface area contributed by atoms with Crippen LogP contribution in [0.25, 0.3) is 0 Å². The van der Waals surface area contributed by atoms with Crippen molar-refractivity contribution in [2.24, 2.45) is 0 Å². The minimum Gasteiger partial charge on any atom is -0.290 e. The van der Waals surface area contributed by atoms with E-state index in [-0.39, 0.29) is 12.8 Å². The van der Waals surface area contributed by atoms with Gasteiger partial charge in [-0.15, -0.1) is 0 Å². The highest BCUT2D eigenvalue weighted by molar-refractivity contribution is 6.63. The van der Waals surface area contributed by atoms with E-state index in [9.17, 15) is 14.4 Å². The lowest BCUT2D eigenvalue weighted by atomic mass is 10.0. The third kappa shape index (κ3) is 8.15. The van der Waals surface area contributed by atoms with Crippen LogP contribution in [0.4, 0.5) is 0 Å². The number of carbonyl (C=O) groups is 3. The predicted octanol–water partition coefficient (Wildman–Crippen LogP) is 3.63. The molecule has 0 aliphatic rings. The maximum absolute atomic E-state index is 11.5. The van der Waals surface area contributed by atoms with Crippen molar-refractivity contribution < 1.29 is 14.4 Å². The Kier molecular flexibility index (Phi) is 10.5. The van der Waals surface area contributed by atoms with E-state index in [0.29, 0.717) is 0 Å². The third-order valence-electron chi connectivity index (χ3n) is 3.02. The Bertz CT molecular complexity index is 243. The van der Waals surface area contributed by atoms with Crippen molar-refractivity contribution in [2.75, 3.05) is 0 Å². The van der Waals surface area contributed by atoms with Crippen LogP contribution in [-0.4, -0.2) is 17.3 Å². The predicted molar refractivity (Wildman–Crippen MR) is 72.5 cm³/mol. The molecule has 3 heteroatoms. The topological polar surface area (TPSA) is 51.2 Å². The monoisotopic (exact) mass is 254 g/mol. The van der Waals surface area contributed by atoms with E-state index in [1.54, 1.807) is 0 Å². The highest BCUT2D eigenvalue weighted by atomic mass is 16.2. The van der Waals surface area contributed by atoms with Crippen molar-refractivity contribution >= 4 is 17.3 Å².